The van der Waals surface area contributed by atoms with E-state index in [-0.39, 0.29) is 31.1 Å². The molecule has 7 nitrogen and oxygen atoms in total. The minimum absolute atomic E-state index is 0.0855. The predicted molar refractivity (Wildman–Crippen MR) is 76.3 cm³/mol. The summed E-state index contributed by atoms with van der Waals surface area (Å²) in [6, 6.07) is 5.82. The molecule has 0 saturated carbocycles. The number of aromatic hydroxyl groups is 1. The van der Waals surface area contributed by atoms with Crippen LogP contribution in [-0.2, 0) is 19.1 Å². The summed E-state index contributed by atoms with van der Waals surface area (Å²) in [5.74, 6) is -0.826. The summed E-state index contributed by atoms with van der Waals surface area (Å²) in [4.78, 5) is 22.5. The fraction of sp³-hybridized carbons (Fsp3) is 0.333. The highest BCUT2D eigenvalue weighted by atomic mass is 16.6. The summed E-state index contributed by atoms with van der Waals surface area (Å²) in [5, 5.41) is 18.6. The standard InChI is InChI=1S/C15H18O7/c1-10(2)15(19)22-8-12(17)7-21-14(18)9-20-13-5-3-11(16)4-6-13/h3-6,12,16-17H,1,7-9H2,2H3. The Kier molecular flexibility index (Phi) is 6.91. The van der Waals surface area contributed by atoms with E-state index in [1.807, 2.05) is 0 Å². The first-order valence-corrected chi connectivity index (χ1v) is 6.46. The molecule has 0 fully saturated rings. The van der Waals surface area contributed by atoms with Crippen LogP contribution in [0, 0.1) is 0 Å². The minimum atomic E-state index is -1.12. The first-order valence-electron chi connectivity index (χ1n) is 6.46. The van der Waals surface area contributed by atoms with Crippen LogP contribution in [0.15, 0.2) is 36.4 Å². The zero-order valence-electron chi connectivity index (χ0n) is 12.2. The normalized spacial score (nSPS) is 11.4. The van der Waals surface area contributed by atoms with Crippen LogP contribution < -0.4 is 4.74 Å². The van der Waals surface area contributed by atoms with Gasteiger partial charge in [0.2, 0.25) is 0 Å². The van der Waals surface area contributed by atoms with Gasteiger partial charge in [-0.15, -0.1) is 0 Å². The van der Waals surface area contributed by atoms with Gasteiger partial charge in [-0.25, -0.2) is 9.59 Å². The van der Waals surface area contributed by atoms with Gasteiger partial charge < -0.3 is 24.4 Å². The Labute approximate surface area is 127 Å². The van der Waals surface area contributed by atoms with E-state index in [4.69, 9.17) is 19.3 Å². The number of phenols is 1. The molecule has 120 valence electrons. The molecule has 0 heterocycles. The monoisotopic (exact) mass is 310 g/mol. The number of esters is 2. The van der Waals surface area contributed by atoms with E-state index in [2.05, 4.69) is 6.58 Å². The maximum atomic E-state index is 11.4. The molecule has 22 heavy (non-hydrogen) atoms. The lowest BCUT2D eigenvalue weighted by molar-refractivity contribution is -0.152. The number of phenolic OH excluding ortho intramolecular Hbond substituents is 1. The molecule has 0 aliphatic carbocycles. The number of aliphatic hydroxyl groups is 1. The Morgan fingerprint density at radius 2 is 1.77 bits per heavy atom. The number of hydrogen-bond acceptors (Lipinski definition) is 7. The molecular formula is C15H18O7. The van der Waals surface area contributed by atoms with Crippen LogP contribution in [0.1, 0.15) is 6.92 Å². The van der Waals surface area contributed by atoms with Crippen molar-refractivity contribution in [3.8, 4) is 11.5 Å². The Hall–Kier alpha value is -2.54. The second-order valence-corrected chi connectivity index (χ2v) is 4.50. The summed E-state index contributed by atoms with van der Waals surface area (Å²) in [5.41, 5.74) is 0.214. The molecule has 0 aliphatic heterocycles. The molecule has 0 amide bonds. The summed E-state index contributed by atoms with van der Waals surface area (Å²) in [6.45, 7) is 3.92. The number of carbonyl (C=O) groups excluding carboxylic acids is 2. The maximum Gasteiger partial charge on any atom is 0.344 e. The fourth-order valence-electron chi connectivity index (χ4n) is 1.26. The quantitative estimate of drug-likeness (QED) is 0.540. The lowest BCUT2D eigenvalue weighted by Crippen LogP contribution is -2.27. The highest BCUT2D eigenvalue weighted by Gasteiger charge is 2.12. The molecule has 0 spiro atoms. The van der Waals surface area contributed by atoms with Crippen molar-refractivity contribution in [3.05, 3.63) is 36.4 Å². The lowest BCUT2D eigenvalue weighted by atomic mass is 10.3. The van der Waals surface area contributed by atoms with Crippen LogP contribution in [0.3, 0.4) is 0 Å². The van der Waals surface area contributed by atoms with Crippen molar-refractivity contribution in [1.82, 2.24) is 0 Å². The van der Waals surface area contributed by atoms with Gasteiger partial charge in [-0.2, -0.15) is 0 Å². The van der Waals surface area contributed by atoms with Gasteiger partial charge in [0.1, 0.15) is 30.8 Å². The Bertz CT molecular complexity index is 521. The minimum Gasteiger partial charge on any atom is -0.508 e. The van der Waals surface area contributed by atoms with Crippen molar-refractivity contribution in [1.29, 1.82) is 0 Å². The molecular weight excluding hydrogens is 292 g/mol. The summed E-state index contributed by atoms with van der Waals surface area (Å²) in [7, 11) is 0. The third-order valence-corrected chi connectivity index (χ3v) is 2.39. The molecule has 0 aromatic heterocycles. The number of ether oxygens (including phenoxy) is 3. The molecule has 1 rings (SSSR count). The van der Waals surface area contributed by atoms with Gasteiger partial charge in [-0.3, -0.25) is 0 Å². The van der Waals surface area contributed by atoms with E-state index in [1.165, 1.54) is 31.2 Å². The SMILES string of the molecule is C=C(C)C(=O)OCC(O)COC(=O)COc1ccc(O)cc1. The first-order chi connectivity index (χ1) is 10.4. The van der Waals surface area contributed by atoms with Crippen molar-refractivity contribution in [3.63, 3.8) is 0 Å². The lowest BCUT2D eigenvalue weighted by Gasteiger charge is -2.12. The van der Waals surface area contributed by atoms with Gasteiger partial charge in [-0.05, 0) is 31.2 Å². The summed E-state index contributed by atoms with van der Waals surface area (Å²) in [6.07, 6.45) is -1.12. The molecule has 1 aromatic carbocycles. The van der Waals surface area contributed by atoms with Crippen molar-refractivity contribution in [2.75, 3.05) is 19.8 Å². The van der Waals surface area contributed by atoms with Gasteiger partial charge in [0.05, 0.1) is 0 Å². The smallest absolute Gasteiger partial charge is 0.344 e. The van der Waals surface area contributed by atoms with E-state index in [0.29, 0.717) is 5.75 Å². The van der Waals surface area contributed by atoms with Gasteiger partial charge >= 0.3 is 11.9 Å². The van der Waals surface area contributed by atoms with Gasteiger partial charge in [0, 0.05) is 5.57 Å². The van der Waals surface area contributed by atoms with Crippen LogP contribution in [-0.4, -0.2) is 48.1 Å². The van der Waals surface area contributed by atoms with Crippen LogP contribution in [0.25, 0.3) is 0 Å². The van der Waals surface area contributed by atoms with E-state index in [1.54, 1.807) is 0 Å². The summed E-state index contributed by atoms with van der Waals surface area (Å²) < 4.78 is 14.6. The van der Waals surface area contributed by atoms with Crippen LogP contribution >= 0.6 is 0 Å². The van der Waals surface area contributed by atoms with Crippen LogP contribution in [0.4, 0.5) is 0 Å². The Morgan fingerprint density at radius 1 is 1.18 bits per heavy atom. The van der Waals surface area contributed by atoms with E-state index >= 15 is 0 Å². The number of aliphatic hydroxyl groups excluding tert-OH is 1. The Morgan fingerprint density at radius 3 is 2.36 bits per heavy atom. The van der Waals surface area contributed by atoms with Crippen LogP contribution in [0.5, 0.6) is 11.5 Å². The third kappa shape index (κ3) is 6.76. The fourth-order valence-corrected chi connectivity index (χ4v) is 1.26. The van der Waals surface area contributed by atoms with Gasteiger partial charge in [0.25, 0.3) is 0 Å². The van der Waals surface area contributed by atoms with E-state index in [9.17, 15) is 14.7 Å². The molecule has 0 aliphatic rings. The van der Waals surface area contributed by atoms with Crippen molar-refractivity contribution < 1.29 is 34.0 Å². The molecule has 0 bridgehead atoms. The van der Waals surface area contributed by atoms with E-state index in [0.717, 1.165) is 0 Å². The molecule has 2 N–H and O–H groups in total. The first kappa shape index (κ1) is 17.5. The second kappa shape index (κ2) is 8.68. The van der Waals surface area contributed by atoms with Crippen molar-refractivity contribution in [2.45, 2.75) is 13.0 Å². The predicted octanol–water partition coefficient (Wildman–Crippen LogP) is 0.794. The highest BCUT2D eigenvalue weighted by molar-refractivity contribution is 5.86. The van der Waals surface area contributed by atoms with Crippen molar-refractivity contribution in [2.24, 2.45) is 0 Å². The molecule has 0 saturated heterocycles. The second-order valence-electron chi connectivity index (χ2n) is 4.50. The number of hydrogen-bond donors (Lipinski definition) is 2. The Balaban J connectivity index is 2.21. The maximum absolute atomic E-state index is 11.4. The van der Waals surface area contributed by atoms with Gasteiger partial charge in [-0.1, -0.05) is 6.58 Å². The average molecular weight is 310 g/mol. The molecule has 0 radical (unpaired) electrons. The largest absolute Gasteiger partial charge is 0.508 e. The van der Waals surface area contributed by atoms with Gasteiger partial charge in [0.15, 0.2) is 6.61 Å². The zero-order chi connectivity index (χ0) is 16.5. The van der Waals surface area contributed by atoms with Crippen LogP contribution in [0.2, 0.25) is 0 Å². The molecule has 1 unspecified atom stereocenters. The topological polar surface area (TPSA) is 102 Å². The molecule has 7 heteroatoms. The number of benzene rings is 1. The number of carbonyl (C=O) groups is 2. The average Bonchev–Trinajstić information content (AvgIpc) is 2.49. The molecule has 1 atom stereocenters. The molecule has 1 aromatic rings. The van der Waals surface area contributed by atoms with Crippen molar-refractivity contribution >= 4 is 11.9 Å². The third-order valence-electron chi connectivity index (χ3n) is 2.39. The number of rotatable bonds is 8. The highest BCUT2D eigenvalue weighted by Crippen LogP contribution is 2.15. The summed E-state index contributed by atoms with van der Waals surface area (Å²) >= 11 is 0. The van der Waals surface area contributed by atoms with E-state index < -0.39 is 18.0 Å². The zero-order valence-corrected chi connectivity index (χ0v) is 12.2.